The van der Waals surface area contributed by atoms with E-state index in [1.807, 2.05) is 0 Å². The van der Waals surface area contributed by atoms with Gasteiger partial charge in [-0.25, -0.2) is 0 Å². The van der Waals surface area contributed by atoms with E-state index in [0.717, 1.165) is 6.42 Å². The zero-order chi connectivity index (χ0) is 10.7. The number of rotatable bonds is 4. The molecule has 0 amide bonds. The minimum atomic E-state index is 0.327. The first-order valence-electron chi connectivity index (χ1n) is 5.51. The second-order valence-corrected chi connectivity index (χ2v) is 5.73. The average Bonchev–Trinajstić information content (AvgIpc) is 2.00. The molecule has 2 radical (unpaired) electrons. The molecule has 0 fully saturated rings. The van der Waals surface area contributed by atoms with Crippen molar-refractivity contribution in [2.45, 2.75) is 66.6 Å². The first kappa shape index (κ1) is 13.1. The predicted molar refractivity (Wildman–Crippen MR) is 62.3 cm³/mol. The molecule has 0 aromatic heterocycles. The van der Waals surface area contributed by atoms with Gasteiger partial charge >= 0.3 is 0 Å². The van der Waals surface area contributed by atoms with Crippen LogP contribution in [0.25, 0.3) is 0 Å². The van der Waals surface area contributed by atoms with Crippen molar-refractivity contribution in [3.63, 3.8) is 0 Å². The maximum atomic E-state index is 6.26. The van der Waals surface area contributed by atoms with Gasteiger partial charge in [0.05, 0.1) is 7.85 Å². The second-order valence-electron chi connectivity index (χ2n) is 5.73. The van der Waals surface area contributed by atoms with Gasteiger partial charge in [0, 0.05) is 0 Å². The zero-order valence-corrected chi connectivity index (χ0v) is 10.3. The third kappa shape index (κ3) is 4.20. The SMILES string of the molecule is [B]C(CC(C)(C)C)C(C)(CC)CC. The Bertz CT molecular complexity index is 140. The van der Waals surface area contributed by atoms with Gasteiger partial charge in [-0.15, -0.1) is 0 Å². The van der Waals surface area contributed by atoms with Crippen molar-refractivity contribution in [2.75, 3.05) is 0 Å². The minimum absolute atomic E-state index is 0.327. The molecule has 0 aliphatic heterocycles. The van der Waals surface area contributed by atoms with E-state index in [4.69, 9.17) is 7.85 Å². The highest BCUT2D eigenvalue weighted by Crippen LogP contribution is 2.43. The molecule has 0 aliphatic carbocycles. The Morgan fingerprint density at radius 3 is 1.62 bits per heavy atom. The fourth-order valence-corrected chi connectivity index (χ4v) is 1.68. The van der Waals surface area contributed by atoms with Crippen molar-refractivity contribution in [1.82, 2.24) is 0 Å². The molecular formula is C12H25B. The average molecular weight is 180 g/mol. The highest BCUT2D eigenvalue weighted by molar-refractivity contribution is 6.12. The fourth-order valence-electron chi connectivity index (χ4n) is 1.68. The molecule has 0 heterocycles. The van der Waals surface area contributed by atoms with Gasteiger partial charge in [-0.3, -0.25) is 0 Å². The van der Waals surface area contributed by atoms with Crippen LogP contribution in [0, 0.1) is 10.8 Å². The maximum absolute atomic E-state index is 6.26. The molecule has 0 aromatic carbocycles. The van der Waals surface area contributed by atoms with Crippen molar-refractivity contribution in [3.8, 4) is 0 Å². The summed E-state index contributed by atoms with van der Waals surface area (Å²) in [5.41, 5.74) is 0.679. The summed E-state index contributed by atoms with van der Waals surface area (Å²) in [7, 11) is 6.26. The molecule has 0 N–H and O–H groups in total. The Labute approximate surface area is 85.9 Å². The topological polar surface area (TPSA) is 0 Å². The lowest BCUT2D eigenvalue weighted by Gasteiger charge is -2.38. The maximum Gasteiger partial charge on any atom is 0.0707 e. The Hall–Kier alpha value is 0.0649. The number of hydrogen-bond acceptors (Lipinski definition) is 0. The van der Waals surface area contributed by atoms with Crippen LogP contribution in [0.3, 0.4) is 0 Å². The Morgan fingerprint density at radius 2 is 1.38 bits per heavy atom. The van der Waals surface area contributed by atoms with Gasteiger partial charge in [0.2, 0.25) is 0 Å². The van der Waals surface area contributed by atoms with E-state index < -0.39 is 0 Å². The summed E-state index contributed by atoms with van der Waals surface area (Å²) in [6, 6.07) is 0. The highest BCUT2D eigenvalue weighted by atomic mass is 14.3. The van der Waals surface area contributed by atoms with Crippen LogP contribution in [0.5, 0.6) is 0 Å². The monoisotopic (exact) mass is 180 g/mol. The van der Waals surface area contributed by atoms with Crippen molar-refractivity contribution in [3.05, 3.63) is 0 Å². The molecule has 0 bridgehead atoms. The highest BCUT2D eigenvalue weighted by Gasteiger charge is 2.29. The quantitative estimate of drug-likeness (QED) is 0.568. The lowest BCUT2D eigenvalue weighted by molar-refractivity contribution is 0.220. The molecular weight excluding hydrogens is 155 g/mol. The molecule has 1 heteroatoms. The van der Waals surface area contributed by atoms with E-state index in [1.54, 1.807) is 0 Å². The largest absolute Gasteiger partial charge is 0.0716 e. The molecule has 0 nitrogen and oxygen atoms in total. The van der Waals surface area contributed by atoms with Crippen LogP contribution in [0.15, 0.2) is 0 Å². The van der Waals surface area contributed by atoms with Gasteiger partial charge in [-0.05, 0) is 10.8 Å². The summed E-state index contributed by atoms with van der Waals surface area (Å²) in [4.78, 5) is 0. The van der Waals surface area contributed by atoms with E-state index in [9.17, 15) is 0 Å². The van der Waals surface area contributed by atoms with Gasteiger partial charge in [0.15, 0.2) is 0 Å². The van der Waals surface area contributed by atoms with E-state index in [-0.39, 0.29) is 0 Å². The van der Waals surface area contributed by atoms with E-state index in [2.05, 4.69) is 41.5 Å². The van der Waals surface area contributed by atoms with Crippen LogP contribution in [-0.4, -0.2) is 7.85 Å². The number of hydrogen-bond donors (Lipinski definition) is 0. The summed E-state index contributed by atoms with van der Waals surface area (Å²) in [6.07, 6.45) is 3.48. The van der Waals surface area contributed by atoms with Crippen LogP contribution in [-0.2, 0) is 0 Å². The lowest BCUT2D eigenvalue weighted by Crippen LogP contribution is -2.25. The first-order chi connectivity index (χ1) is 5.75. The predicted octanol–water partition coefficient (Wildman–Crippen LogP) is 4.21. The standard InChI is InChI=1S/C12H25B/c1-7-12(6,8-2)10(13)9-11(3,4)5/h10H,7-9H2,1-6H3. The first-order valence-corrected chi connectivity index (χ1v) is 5.51. The van der Waals surface area contributed by atoms with E-state index in [0.29, 0.717) is 16.6 Å². The van der Waals surface area contributed by atoms with Crippen molar-refractivity contribution >= 4 is 7.85 Å². The molecule has 0 aromatic rings. The zero-order valence-electron chi connectivity index (χ0n) is 10.3. The van der Waals surface area contributed by atoms with Crippen LogP contribution in [0.4, 0.5) is 0 Å². The van der Waals surface area contributed by atoms with Gasteiger partial charge in [0.25, 0.3) is 0 Å². The van der Waals surface area contributed by atoms with Crippen LogP contribution in [0.1, 0.15) is 60.8 Å². The molecule has 1 atom stereocenters. The molecule has 0 saturated carbocycles. The van der Waals surface area contributed by atoms with Crippen molar-refractivity contribution in [1.29, 1.82) is 0 Å². The Balaban J connectivity index is 4.31. The molecule has 0 aliphatic rings. The third-order valence-electron chi connectivity index (χ3n) is 3.34. The van der Waals surface area contributed by atoms with Crippen molar-refractivity contribution < 1.29 is 0 Å². The second kappa shape index (κ2) is 4.53. The normalized spacial score (nSPS) is 15.8. The van der Waals surface area contributed by atoms with Crippen molar-refractivity contribution in [2.24, 2.45) is 10.8 Å². The third-order valence-corrected chi connectivity index (χ3v) is 3.34. The summed E-state index contributed by atoms with van der Waals surface area (Å²) in [5, 5.41) is 0. The van der Waals surface area contributed by atoms with E-state index >= 15 is 0 Å². The molecule has 0 saturated heterocycles. The summed E-state index contributed by atoms with van der Waals surface area (Å²) in [6.45, 7) is 13.6. The van der Waals surface area contributed by atoms with Gasteiger partial charge in [-0.1, -0.05) is 66.6 Å². The Morgan fingerprint density at radius 1 is 1.00 bits per heavy atom. The summed E-state index contributed by atoms with van der Waals surface area (Å²) in [5.74, 6) is 0.336. The van der Waals surface area contributed by atoms with Crippen LogP contribution >= 0.6 is 0 Å². The Kier molecular flexibility index (Phi) is 4.55. The molecule has 0 rings (SSSR count). The summed E-state index contributed by atoms with van der Waals surface area (Å²) >= 11 is 0. The molecule has 0 spiro atoms. The van der Waals surface area contributed by atoms with Gasteiger partial charge in [0.1, 0.15) is 0 Å². The van der Waals surface area contributed by atoms with Crippen LogP contribution in [0.2, 0.25) is 5.82 Å². The fraction of sp³-hybridized carbons (Fsp3) is 1.00. The minimum Gasteiger partial charge on any atom is -0.0716 e. The van der Waals surface area contributed by atoms with Gasteiger partial charge in [-0.2, -0.15) is 0 Å². The van der Waals surface area contributed by atoms with Gasteiger partial charge < -0.3 is 0 Å². The lowest BCUT2D eigenvalue weighted by atomic mass is 9.59. The molecule has 76 valence electrons. The summed E-state index contributed by atoms with van der Waals surface area (Å²) < 4.78 is 0. The van der Waals surface area contributed by atoms with Crippen LogP contribution < -0.4 is 0 Å². The van der Waals surface area contributed by atoms with E-state index in [1.165, 1.54) is 12.8 Å². The smallest absolute Gasteiger partial charge is 0.0707 e. The molecule has 13 heavy (non-hydrogen) atoms. The molecule has 1 unspecified atom stereocenters.